The standard InChI is InChI=1S/C22H23N3O5S/c1-16-10-12-17(13-11-16)31(27,28)25(18-7-4-5-8-19(18)29-2)15-21(26)24-22-20(30-3)9-6-14-23-22/h4-14H,15H2,1-3H3,(H,23,24,26). The van der Waals surface area contributed by atoms with Crippen LogP contribution in [0.1, 0.15) is 5.56 Å². The van der Waals surface area contributed by atoms with E-state index >= 15 is 0 Å². The molecule has 0 unspecified atom stereocenters. The van der Waals surface area contributed by atoms with Crippen LogP contribution in [-0.4, -0.2) is 40.1 Å². The fraction of sp³-hybridized carbons (Fsp3) is 0.182. The number of carbonyl (C=O) groups excluding carboxylic acids is 1. The van der Waals surface area contributed by atoms with Crippen LogP contribution in [0, 0.1) is 6.92 Å². The number of nitrogens with one attached hydrogen (secondary N) is 1. The molecule has 0 atom stereocenters. The van der Waals surface area contributed by atoms with Crippen LogP contribution in [-0.2, 0) is 14.8 Å². The van der Waals surface area contributed by atoms with Crippen LogP contribution in [0.15, 0.2) is 71.8 Å². The average molecular weight is 442 g/mol. The first kappa shape index (κ1) is 22.1. The molecular formula is C22H23N3O5S. The molecule has 0 aliphatic carbocycles. The molecular weight excluding hydrogens is 418 g/mol. The normalized spacial score (nSPS) is 10.9. The summed E-state index contributed by atoms with van der Waals surface area (Å²) < 4.78 is 38.5. The van der Waals surface area contributed by atoms with E-state index in [4.69, 9.17) is 9.47 Å². The summed E-state index contributed by atoms with van der Waals surface area (Å²) in [7, 11) is -1.17. The van der Waals surface area contributed by atoms with E-state index in [9.17, 15) is 13.2 Å². The Bertz CT molecular complexity index is 1160. The van der Waals surface area contributed by atoms with Gasteiger partial charge in [0, 0.05) is 6.20 Å². The molecule has 162 valence electrons. The van der Waals surface area contributed by atoms with Gasteiger partial charge in [-0.05, 0) is 43.3 Å². The Hall–Kier alpha value is -3.59. The molecule has 1 aromatic heterocycles. The lowest BCUT2D eigenvalue weighted by Crippen LogP contribution is -2.38. The number of rotatable bonds is 8. The maximum Gasteiger partial charge on any atom is 0.264 e. The molecule has 0 aliphatic heterocycles. The zero-order valence-electron chi connectivity index (χ0n) is 17.4. The van der Waals surface area contributed by atoms with Crippen LogP contribution in [0.4, 0.5) is 11.5 Å². The highest BCUT2D eigenvalue weighted by Gasteiger charge is 2.29. The Morgan fingerprint density at radius 2 is 1.61 bits per heavy atom. The molecule has 31 heavy (non-hydrogen) atoms. The predicted molar refractivity (Wildman–Crippen MR) is 118 cm³/mol. The number of benzene rings is 2. The number of hydrogen-bond acceptors (Lipinski definition) is 6. The topological polar surface area (TPSA) is 97.8 Å². The predicted octanol–water partition coefficient (Wildman–Crippen LogP) is 3.24. The van der Waals surface area contributed by atoms with E-state index in [1.54, 1.807) is 48.5 Å². The van der Waals surface area contributed by atoms with Gasteiger partial charge in [-0.3, -0.25) is 9.10 Å². The van der Waals surface area contributed by atoms with Gasteiger partial charge in [0.2, 0.25) is 5.91 Å². The van der Waals surface area contributed by atoms with Gasteiger partial charge < -0.3 is 14.8 Å². The van der Waals surface area contributed by atoms with Crippen molar-refractivity contribution in [3.63, 3.8) is 0 Å². The monoisotopic (exact) mass is 441 g/mol. The molecule has 2 aromatic carbocycles. The van der Waals surface area contributed by atoms with Crippen molar-refractivity contribution < 1.29 is 22.7 Å². The number of carbonyl (C=O) groups is 1. The van der Waals surface area contributed by atoms with Gasteiger partial charge in [0.1, 0.15) is 12.3 Å². The van der Waals surface area contributed by atoms with Crippen LogP contribution in [0.2, 0.25) is 0 Å². The van der Waals surface area contributed by atoms with Crippen molar-refractivity contribution in [1.82, 2.24) is 4.98 Å². The summed E-state index contributed by atoms with van der Waals surface area (Å²) in [5.41, 5.74) is 1.16. The van der Waals surface area contributed by atoms with E-state index in [0.29, 0.717) is 11.5 Å². The number of hydrogen-bond donors (Lipinski definition) is 1. The Labute approximate surface area is 181 Å². The second-order valence-electron chi connectivity index (χ2n) is 6.60. The summed E-state index contributed by atoms with van der Waals surface area (Å²) in [5.74, 6) is 0.295. The Morgan fingerprint density at radius 1 is 0.968 bits per heavy atom. The number of pyridine rings is 1. The smallest absolute Gasteiger partial charge is 0.264 e. The van der Waals surface area contributed by atoms with Gasteiger partial charge in [0.05, 0.1) is 24.8 Å². The van der Waals surface area contributed by atoms with Gasteiger partial charge >= 0.3 is 0 Å². The molecule has 0 fully saturated rings. The molecule has 1 heterocycles. The molecule has 1 N–H and O–H groups in total. The SMILES string of the molecule is COc1ccccc1N(CC(=O)Nc1ncccc1OC)S(=O)(=O)c1ccc(C)cc1. The van der Waals surface area contributed by atoms with Crippen molar-refractivity contribution in [2.24, 2.45) is 0 Å². The first-order valence-corrected chi connectivity index (χ1v) is 10.8. The molecule has 0 saturated heterocycles. The molecule has 9 heteroatoms. The van der Waals surface area contributed by atoms with E-state index in [2.05, 4.69) is 10.3 Å². The van der Waals surface area contributed by atoms with Crippen molar-refractivity contribution >= 4 is 27.4 Å². The maximum atomic E-state index is 13.5. The molecule has 0 spiro atoms. The summed E-state index contributed by atoms with van der Waals surface area (Å²) in [6.45, 7) is 1.37. The minimum Gasteiger partial charge on any atom is -0.495 e. The maximum absolute atomic E-state index is 13.5. The third kappa shape index (κ3) is 4.95. The minimum atomic E-state index is -4.07. The summed E-state index contributed by atoms with van der Waals surface area (Å²) >= 11 is 0. The lowest BCUT2D eigenvalue weighted by molar-refractivity contribution is -0.114. The van der Waals surface area contributed by atoms with Gasteiger partial charge in [-0.1, -0.05) is 29.8 Å². The number of methoxy groups -OCH3 is 2. The molecule has 1 amide bonds. The second-order valence-corrected chi connectivity index (χ2v) is 8.46. The summed E-state index contributed by atoms with van der Waals surface area (Å²) in [4.78, 5) is 17.0. The summed E-state index contributed by atoms with van der Waals surface area (Å²) in [5, 5.41) is 2.61. The van der Waals surface area contributed by atoms with E-state index in [1.165, 1.54) is 32.5 Å². The third-order valence-electron chi connectivity index (χ3n) is 4.50. The first-order chi connectivity index (χ1) is 14.9. The number of nitrogens with zero attached hydrogens (tertiary/aromatic N) is 2. The molecule has 3 rings (SSSR count). The number of para-hydroxylation sites is 2. The number of sulfonamides is 1. The largest absolute Gasteiger partial charge is 0.495 e. The van der Waals surface area contributed by atoms with Crippen LogP contribution < -0.4 is 19.1 Å². The summed E-state index contributed by atoms with van der Waals surface area (Å²) in [6, 6.07) is 16.3. The first-order valence-electron chi connectivity index (χ1n) is 9.38. The van der Waals surface area contributed by atoms with E-state index in [0.717, 1.165) is 9.87 Å². The molecule has 0 radical (unpaired) electrons. The zero-order chi connectivity index (χ0) is 22.4. The van der Waals surface area contributed by atoms with Crippen molar-refractivity contribution in [2.45, 2.75) is 11.8 Å². The van der Waals surface area contributed by atoms with E-state index < -0.39 is 22.5 Å². The second kappa shape index (κ2) is 9.48. The Morgan fingerprint density at radius 3 is 2.29 bits per heavy atom. The Balaban J connectivity index is 2.00. The average Bonchev–Trinajstić information content (AvgIpc) is 2.78. The van der Waals surface area contributed by atoms with Crippen LogP contribution in [0.3, 0.4) is 0 Å². The number of anilines is 2. The summed E-state index contributed by atoms with van der Waals surface area (Å²) in [6.07, 6.45) is 1.50. The highest BCUT2D eigenvalue weighted by molar-refractivity contribution is 7.92. The van der Waals surface area contributed by atoms with Crippen molar-refractivity contribution in [1.29, 1.82) is 0 Å². The van der Waals surface area contributed by atoms with Crippen LogP contribution >= 0.6 is 0 Å². The number of ether oxygens (including phenoxy) is 2. The minimum absolute atomic E-state index is 0.0622. The van der Waals surface area contributed by atoms with E-state index in [-0.39, 0.29) is 16.4 Å². The van der Waals surface area contributed by atoms with Gasteiger partial charge in [0.25, 0.3) is 10.0 Å². The van der Waals surface area contributed by atoms with Gasteiger partial charge in [-0.2, -0.15) is 0 Å². The fourth-order valence-corrected chi connectivity index (χ4v) is 4.36. The molecule has 8 nitrogen and oxygen atoms in total. The molecule has 0 aliphatic rings. The van der Waals surface area contributed by atoms with Gasteiger partial charge in [-0.25, -0.2) is 13.4 Å². The highest BCUT2D eigenvalue weighted by atomic mass is 32.2. The Kier molecular flexibility index (Phi) is 6.76. The third-order valence-corrected chi connectivity index (χ3v) is 6.27. The van der Waals surface area contributed by atoms with Crippen molar-refractivity contribution in [3.05, 3.63) is 72.4 Å². The lowest BCUT2D eigenvalue weighted by Gasteiger charge is -2.25. The van der Waals surface area contributed by atoms with Crippen LogP contribution in [0.25, 0.3) is 0 Å². The number of aromatic nitrogens is 1. The molecule has 0 saturated carbocycles. The van der Waals surface area contributed by atoms with Crippen molar-refractivity contribution in [3.8, 4) is 11.5 Å². The fourth-order valence-electron chi connectivity index (χ4n) is 2.92. The van der Waals surface area contributed by atoms with Gasteiger partial charge in [0.15, 0.2) is 11.6 Å². The zero-order valence-corrected chi connectivity index (χ0v) is 18.2. The highest BCUT2D eigenvalue weighted by Crippen LogP contribution is 2.32. The van der Waals surface area contributed by atoms with Crippen LogP contribution in [0.5, 0.6) is 11.5 Å². The molecule has 3 aromatic rings. The molecule has 0 bridgehead atoms. The quantitative estimate of drug-likeness (QED) is 0.576. The number of aryl methyl sites for hydroxylation is 1. The van der Waals surface area contributed by atoms with Crippen molar-refractivity contribution in [2.75, 3.05) is 30.4 Å². The van der Waals surface area contributed by atoms with E-state index in [1.807, 2.05) is 6.92 Å². The van der Waals surface area contributed by atoms with Gasteiger partial charge in [-0.15, -0.1) is 0 Å². The lowest BCUT2D eigenvalue weighted by atomic mass is 10.2. The number of amides is 1.